The Morgan fingerprint density at radius 3 is 2.39 bits per heavy atom. The van der Waals surface area contributed by atoms with Gasteiger partial charge in [-0.3, -0.25) is 10.1 Å². The molecule has 322 valence electrons. The number of aromatic nitrogens is 1. The molecule has 6 aromatic rings. The third-order valence-corrected chi connectivity index (χ3v) is 10.9. The molecule has 4 atom stereocenters. The minimum atomic E-state index is -1.09. The van der Waals surface area contributed by atoms with Crippen molar-refractivity contribution in [1.29, 1.82) is 0 Å². The molecular formula is C49H56N3O9-. The first-order valence-electron chi connectivity index (χ1n) is 20.5. The van der Waals surface area contributed by atoms with E-state index in [9.17, 15) is 30.3 Å². The molecule has 5 aromatic carbocycles. The van der Waals surface area contributed by atoms with Gasteiger partial charge in [-0.1, -0.05) is 72.3 Å². The highest BCUT2D eigenvalue weighted by molar-refractivity contribution is 5.87. The Morgan fingerprint density at radius 1 is 0.820 bits per heavy atom. The summed E-state index contributed by atoms with van der Waals surface area (Å²) in [7, 11) is 3.34. The van der Waals surface area contributed by atoms with Gasteiger partial charge in [0.05, 0.1) is 19.3 Å². The molecule has 1 heterocycles. The molecular weight excluding hydrogens is 775 g/mol. The summed E-state index contributed by atoms with van der Waals surface area (Å²) in [6, 6.07) is 30.0. The van der Waals surface area contributed by atoms with E-state index in [1.165, 1.54) is 7.11 Å². The Bertz CT molecular complexity index is 2340. The summed E-state index contributed by atoms with van der Waals surface area (Å²) in [6.07, 6.45) is 3.08. The number of aliphatic hydroxyl groups excluding tert-OH is 3. The first-order chi connectivity index (χ1) is 29.6. The van der Waals surface area contributed by atoms with Gasteiger partial charge in [-0.05, 0) is 108 Å². The Balaban J connectivity index is 1.33. The summed E-state index contributed by atoms with van der Waals surface area (Å²) in [6.45, 7) is 1.90. The molecule has 0 aliphatic carbocycles. The molecule has 0 radical (unpaired) electrons. The number of aliphatic hydroxyl groups is 3. The number of hydrogen-bond donors (Lipinski definition) is 7. The number of ether oxygens (including phenoxy) is 3. The van der Waals surface area contributed by atoms with Crippen molar-refractivity contribution in [3.63, 3.8) is 0 Å². The summed E-state index contributed by atoms with van der Waals surface area (Å²) in [4.78, 5) is 19.0. The van der Waals surface area contributed by atoms with Crippen LogP contribution in [0.25, 0.3) is 10.8 Å². The number of ketones is 1. The normalized spacial score (nSPS) is 13.4. The molecule has 0 bridgehead atoms. The van der Waals surface area contributed by atoms with Crippen molar-refractivity contribution in [2.24, 2.45) is 5.92 Å². The van der Waals surface area contributed by atoms with E-state index >= 15 is 0 Å². The average Bonchev–Trinajstić information content (AvgIpc) is 3.76. The first-order valence-corrected chi connectivity index (χ1v) is 20.5. The van der Waals surface area contributed by atoms with Crippen LogP contribution in [0.1, 0.15) is 58.2 Å². The van der Waals surface area contributed by atoms with Crippen molar-refractivity contribution in [3.8, 4) is 28.7 Å². The Hall–Kier alpha value is -5.89. The molecule has 0 spiro atoms. The van der Waals surface area contributed by atoms with Crippen LogP contribution in [0.2, 0.25) is 0 Å². The van der Waals surface area contributed by atoms with E-state index < -0.39 is 30.8 Å². The molecule has 61 heavy (non-hydrogen) atoms. The maximum Gasteiger partial charge on any atom is 0.186 e. The van der Waals surface area contributed by atoms with Crippen LogP contribution in [0.3, 0.4) is 0 Å². The van der Waals surface area contributed by atoms with Gasteiger partial charge in [0, 0.05) is 37.4 Å². The Kier molecular flexibility index (Phi) is 15.8. The van der Waals surface area contributed by atoms with Crippen molar-refractivity contribution in [3.05, 3.63) is 148 Å². The van der Waals surface area contributed by atoms with Crippen molar-refractivity contribution >= 4 is 16.6 Å². The number of phenols is 2. The molecule has 4 unspecified atom stereocenters. The molecule has 6 rings (SSSR count). The third-order valence-electron chi connectivity index (χ3n) is 10.9. The summed E-state index contributed by atoms with van der Waals surface area (Å²) in [5, 5.41) is 61.5. The Morgan fingerprint density at radius 2 is 1.64 bits per heavy atom. The lowest BCUT2D eigenvalue weighted by molar-refractivity contribution is -0.123. The predicted molar refractivity (Wildman–Crippen MR) is 234 cm³/mol. The average molecular weight is 831 g/mol. The topological polar surface area (TPSA) is 184 Å². The SMILES string of the molecule is CNCc1cc(O)cc(C(Cc2ccc(OCO)c(OCNCC(C)O)c2)C(=O)CC(O)C(Cc2cc[n-]c2)Cc2ccc(O)c(OC)c2Cc2cccc3ccccc23)c1. The van der Waals surface area contributed by atoms with E-state index in [0.29, 0.717) is 55.2 Å². The summed E-state index contributed by atoms with van der Waals surface area (Å²) in [5.74, 6) is -0.424. The summed E-state index contributed by atoms with van der Waals surface area (Å²) in [5.41, 5.74) is 5.75. The zero-order valence-corrected chi connectivity index (χ0v) is 34.9. The predicted octanol–water partition coefficient (Wildman–Crippen LogP) is 5.91. The summed E-state index contributed by atoms with van der Waals surface area (Å²) < 4.78 is 17.1. The number of benzene rings is 5. The van der Waals surface area contributed by atoms with Gasteiger partial charge in [-0.15, -0.1) is 0 Å². The monoisotopic (exact) mass is 830 g/mol. The highest BCUT2D eigenvalue weighted by Gasteiger charge is 2.30. The van der Waals surface area contributed by atoms with Crippen LogP contribution in [0.5, 0.6) is 28.7 Å². The van der Waals surface area contributed by atoms with Gasteiger partial charge in [0.15, 0.2) is 29.8 Å². The number of phenolic OH excluding ortho intramolecular Hbond substituents is 2. The van der Waals surface area contributed by atoms with Gasteiger partial charge in [0.25, 0.3) is 0 Å². The number of rotatable bonds is 23. The first kappa shape index (κ1) is 44.7. The number of nitrogens with zero attached hydrogens (tertiary/aromatic N) is 1. The second kappa shape index (κ2) is 21.6. The van der Waals surface area contributed by atoms with Crippen LogP contribution < -0.4 is 29.8 Å². The van der Waals surface area contributed by atoms with Gasteiger partial charge in [-0.25, -0.2) is 0 Å². The maximum absolute atomic E-state index is 14.8. The highest BCUT2D eigenvalue weighted by Crippen LogP contribution is 2.38. The van der Waals surface area contributed by atoms with Crippen LogP contribution in [-0.2, 0) is 37.0 Å². The minimum Gasteiger partial charge on any atom is -0.670 e. The van der Waals surface area contributed by atoms with Crippen molar-refractivity contribution in [2.75, 3.05) is 34.2 Å². The fourth-order valence-corrected chi connectivity index (χ4v) is 8.03. The number of fused-ring (bicyclic) bond motifs is 1. The standard InChI is InChI=1S/C49H56N3O9/c1-31(54)26-52-29-60-48-21-32(11-14-47(48)61-30-53)20-42(38-18-34(27-50-2)19-40(55)23-38)46(58)25-45(57)39(17-33-15-16-51-28-33)22-37-12-13-44(56)49(59-3)43(37)24-36-9-6-8-35-7-4-5-10-41(35)36/h4-16,18-19,21,23,28,31,39,42,45,50,52-57H,17,20,22,24-27,29-30H2,1-3H3/q-1. The molecule has 12 nitrogen and oxygen atoms in total. The fraction of sp³-hybridized carbons (Fsp3) is 0.327. The van der Waals surface area contributed by atoms with Crippen LogP contribution >= 0.6 is 0 Å². The molecule has 0 aliphatic rings. The van der Waals surface area contributed by atoms with Crippen LogP contribution in [0.15, 0.2) is 109 Å². The minimum absolute atomic E-state index is 0.0149. The molecule has 0 amide bonds. The number of aromatic hydroxyl groups is 2. The summed E-state index contributed by atoms with van der Waals surface area (Å²) >= 11 is 0. The van der Waals surface area contributed by atoms with E-state index in [4.69, 9.17) is 14.2 Å². The third kappa shape index (κ3) is 11.9. The second-order valence-corrected chi connectivity index (χ2v) is 15.5. The number of carbonyl (C=O) groups excluding carboxylic acids is 1. The molecule has 0 saturated heterocycles. The zero-order valence-electron chi connectivity index (χ0n) is 34.9. The molecule has 0 saturated carbocycles. The lowest BCUT2D eigenvalue weighted by Gasteiger charge is -2.27. The van der Waals surface area contributed by atoms with Gasteiger partial charge in [0.1, 0.15) is 18.3 Å². The number of carbonyl (C=O) groups is 1. The highest BCUT2D eigenvalue weighted by atomic mass is 16.6. The lowest BCUT2D eigenvalue weighted by Crippen LogP contribution is -2.30. The molecule has 0 fully saturated rings. The number of nitrogens with one attached hydrogen (secondary N) is 2. The van der Waals surface area contributed by atoms with Crippen molar-refractivity contribution in [1.82, 2.24) is 15.6 Å². The zero-order chi connectivity index (χ0) is 43.3. The van der Waals surface area contributed by atoms with E-state index in [-0.39, 0.29) is 36.9 Å². The quantitative estimate of drug-likeness (QED) is 0.0300. The largest absolute Gasteiger partial charge is 0.670 e. The second-order valence-electron chi connectivity index (χ2n) is 15.5. The number of methoxy groups -OCH3 is 1. The molecule has 1 aromatic heterocycles. The van der Waals surface area contributed by atoms with Gasteiger partial charge in [-0.2, -0.15) is 12.4 Å². The number of Topliss-reactive ketones (excluding diaryl/α,β-unsaturated/α-hetero) is 1. The van der Waals surface area contributed by atoms with Crippen LogP contribution in [-0.4, -0.2) is 77.7 Å². The van der Waals surface area contributed by atoms with Gasteiger partial charge < -0.3 is 50.0 Å². The van der Waals surface area contributed by atoms with E-state index in [2.05, 4.69) is 39.9 Å². The Labute approximate surface area is 356 Å². The number of hydrogen-bond acceptors (Lipinski definition) is 11. The molecule has 12 heteroatoms. The van der Waals surface area contributed by atoms with Crippen LogP contribution in [0, 0.1) is 5.92 Å². The van der Waals surface area contributed by atoms with Crippen molar-refractivity contribution in [2.45, 2.75) is 63.7 Å². The van der Waals surface area contributed by atoms with Crippen LogP contribution in [0.4, 0.5) is 0 Å². The fourth-order valence-electron chi connectivity index (χ4n) is 8.03. The van der Waals surface area contributed by atoms with E-state index in [0.717, 1.165) is 44.2 Å². The van der Waals surface area contributed by atoms with Gasteiger partial charge in [0.2, 0.25) is 0 Å². The van der Waals surface area contributed by atoms with Crippen molar-refractivity contribution < 1.29 is 44.5 Å². The molecule has 0 aliphatic heterocycles. The van der Waals surface area contributed by atoms with E-state index in [1.54, 1.807) is 62.8 Å². The van der Waals surface area contributed by atoms with E-state index in [1.807, 2.05) is 36.4 Å². The maximum atomic E-state index is 14.8. The molecule has 7 N–H and O–H groups in total. The van der Waals surface area contributed by atoms with Gasteiger partial charge >= 0.3 is 0 Å². The smallest absolute Gasteiger partial charge is 0.186 e. The lowest BCUT2D eigenvalue weighted by atomic mass is 9.80.